The molecule has 0 spiro atoms. The first-order valence-corrected chi connectivity index (χ1v) is 5.48. The fourth-order valence-electron chi connectivity index (χ4n) is 1.64. The van der Waals surface area contributed by atoms with E-state index < -0.39 is 0 Å². The van der Waals surface area contributed by atoms with Crippen molar-refractivity contribution in [2.75, 3.05) is 26.8 Å². The first-order valence-electron chi connectivity index (χ1n) is 5.48. The maximum Gasteiger partial charge on any atom is 0.0621 e. The van der Waals surface area contributed by atoms with Crippen molar-refractivity contribution < 1.29 is 4.74 Å². The third-order valence-electron chi connectivity index (χ3n) is 2.63. The molecule has 1 fully saturated rings. The van der Waals surface area contributed by atoms with Gasteiger partial charge in [0.05, 0.1) is 12.7 Å². The predicted octanol–water partition coefficient (Wildman–Crippen LogP) is 1.79. The zero-order valence-electron chi connectivity index (χ0n) is 9.04. The highest BCUT2D eigenvalue weighted by atomic mass is 16.5. The Balaban J connectivity index is 2.06. The molecule has 80 valence electrons. The Labute approximate surface area is 86.6 Å². The predicted molar refractivity (Wildman–Crippen MR) is 55.9 cm³/mol. The molecule has 1 saturated carbocycles. The summed E-state index contributed by atoms with van der Waals surface area (Å²) in [4.78, 5) is 2.50. The lowest BCUT2D eigenvalue weighted by Gasteiger charge is -2.20. The number of hydrogen-bond donors (Lipinski definition) is 0. The summed E-state index contributed by atoms with van der Waals surface area (Å²) in [6.45, 7) is 3.01. The van der Waals surface area contributed by atoms with Gasteiger partial charge in [0, 0.05) is 26.1 Å². The summed E-state index contributed by atoms with van der Waals surface area (Å²) in [6.07, 6.45) is 5.58. The minimum absolute atomic E-state index is 0.697. The highest BCUT2D eigenvalue weighted by molar-refractivity contribution is 4.84. The molecule has 0 aromatic carbocycles. The zero-order valence-corrected chi connectivity index (χ0v) is 9.04. The van der Waals surface area contributed by atoms with Crippen LogP contribution >= 0.6 is 0 Å². The van der Waals surface area contributed by atoms with Crippen molar-refractivity contribution in [3.05, 3.63) is 0 Å². The largest absolute Gasteiger partial charge is 0.383 e. The Bertz CT molecular complexity index is 184. The second-order valence-electron chi connectivity index (χ2n) is 3.88. The lowest BCUT2D eigenvalue weighted by atomic mass is 10.2. The van der Waals surface area contributed by atoms with Gasteiger partial charge < -0.3 is 4.74 Å². The van der Waals surface area contributed by atoms with E-state index in [2.05, 4.69) is 11.0 Å². The Morgan fingerprint density at radius 1 is 1.36 bits per heavy atom. The van der Waals surface area contributed by atoms with E-state index in [1.165, 1.54) is 12.8 Å². The molecule has 0 N–H and O–H groups in total. The molecule has 14 heavy (non-hydrogen) atoms. The molecule has 1 aliphatic carbocycles. The Hall–Kier alpha value is -0.590. The molecule has 0 saturated heterocycles. The van der Waals surface area contributed by atoms with Gasteiger partial charge in [-0.2, -0.15) is 5.26 Å². The van der Waals surface area contributed by atoms with Gasteiger partial charge in [-0.3, -0.25) is 4.90 Å². The number of unbranched alkanes of at least 4 members (excludes halogenated alkanes) is 2. The molecule has 0 unspecified atom stereocenters. The van der Waals surface area contributed by atoms with Crippen LogP contribution in [0.4, 0.5) is 0 Å². The van der Waals surface area contributed by atoms with Crippen LogP contribution in [-0.2, 0) is 4.74 Å². The van der Waals surface area contributed by atoms with Gasteiger partial charge in [0.2, 0.25) is 0 Å². The van der Waals surface area contributed by atoms with Crippen LogP contribution in [0, 0.1) is 11.3 Å². The summed E-state index contributed by atoms with van der Waals surface area (Å²) < 4.78 is 5.08. The van der Waals surface area contributed by atoms with E-state index in [-0.39, 0.29) is 0 Å². The number of hydrogen-bond acceptors (Lipinski definition) is 3. The minimum Gasteiger partial charge on any atom is -0.383 e. The van der Waals surface area contributed by atoms with Crippen LogP contribution in [0.5, 0.6) is 0 Å². The molecule has 0 aromatic rings. The monoisotopic (exact) mass is 196 g/mol. The van der Waals surface area contributed by atoms with Gasteiger partial charge in [-0.25, -0.2) is 0 Å². The molecule has 3 nitrogen and oxygen atoms in total. The Morgan fingerprint density at radius 2 is 2.14 bits per heavy atom. The van der Waals surface area contributed by atoms with E-state index in [1.807, 2.05) is 0 Å². The average molecular weight is 196 g/mol. The maximum absolute atomic E-state index is 8.41. The van der Waals surface area contributed by atoms with Gasteiger partial charge >= 0.3 is 0 Å². The summed E-state index contributed by atoms with van der Waals surface area (Å²) in [6, 6.07) is 3.00. The standard InChI is InChI=1S/C11H20N2O/c1-14-10-9-13(11-5-6-11)8-4-2-3-7-12/h11H,2-6,8-10H2,1H3. The summed E-state index contributed by atoms with van der Waals surface area (Å²) in [5.74, 6) is 0. The lowest BCUT2D eigenvalue weighted by molar-refractivity contribution is 0.142. The van der Waals surface area contributed by atoms with Crippen molar-refractivity contribution in [2.24, 2.45) is 0 Å². The van der Waals surface area contributed by atoms with Gasteiger partial charge in [0.1, 0.15) is 0 Å². The van der Waals surface area contributed by atoms with Gasteiger partial charge in [0.25, 0.3) is 0 Å². The first-order chi connectivity index (χ1) is 6.88. The van der Waals surface area contributed by atoms with Crippen LogP contribution in [0.25, 0.3) is 0 Å². The summed E-state index contributed by atoms with van der Waals surface area (Å²) >= 11 is 0. The quantitative estimate of drug-likeness (QED) is 0.555. The van der Waals surface area contributed by atoms with Crippen molar-refractivity contribution in [3.63, 3.8) is 0 Å². The van der Waals surface area contributed by atoms with Crippen LogP contribution in [0.2, 0.25) is 0 Å². The number of methoxy groups -OCH3 is 1. The smallest absolute Gasteiger partial charge is 0.0621 e. The maximum atomic E-state index is 8.41. The second-order valence-corrected chi connectivity index (χ2v) is 3.88. The van der Waals surface area contributed by atoms with Crippen molar-refractivity contribution in [1.29, 1.82) is 5.26 Å². The van der Waals surface area contributed by atoms with Crippen LogP contribution in [0.15, 0.2) is 0 Å². The Morgan fingerprint density at radius 3 is 2.71 bits per heavy atom. The summed E-state index contributed by atoms with van der Waals surface area (Å²) in [7, 11) is 1.75. The van der Waals surface area contributed by atoms with Gasteiger partial charge in [0.15, 0.2) is 0 Å². The van der Waals surface area contributed by atoms with E-state index >= 15 is 0 Å². The molecule has 1 rings (SSSR count). The van der Waals surface area contributed by atoms with Crippen LogP contribution in [0.1, 0.15) is 32.1 Å². The molecule has 1 aliphatic rings. The molecule has 3 heteroatoms. The molecular formula is C11H20N2O. The molecule has 0 atom stereocenters. The molecule has 0 aromatic heterocycles. The molecule has 0 radical (unpaired) electrons. The van der Waals surface area contributed by atoms with E-state index in [1.54, 1.807) is 7.11 Å². The SMILES string of the molecule is COCCN(CCCCC#N)C1CC1. The number of nitrogens with zero attached hydrogens (tertiary/aromatic N) is 2. The topological polar surface area (TPSA) is 36.3 Å². The Kier molecular flexibility index (Phi) is 5.58. The molecular weight excluding hydrogens is 176 g/mol. The number of nitriles is 1. The normalized spacial score (nSPS) is 15.8. The fourth-order valence-corrected chi connectivity index (χ4v) is 1.64. The number of ether oxygens (including phenoxy) is 1. The first kappa shape index (κ1) is 11.5. The summed E-state index contributed by atoms with van der Waals surface area (Å²) in [5.41, 5.74) is 0. The van der Waals surface area contributed by atoms with Gasteiger partial charge in [-0.05, 0) is 32.2 Å². The fraction of sp³-hybridized carbons (Fsp3) is 0.909. The third-order valence-corrected chi connectivity index (χ3v) is 2.63. The van der Waals surface area contributed by atoms with Crippen LogP contribution < -0.4 is 0 Å². The second kappa shape index (κ2) is 6.80. The average Bonchev–Trinajstić information content (AvgIpc) is 3.00. The van der Waals surface area contributed by atoms with Crippen LogP contribution in [0.3, 0.4) is 0 Å². The molecule has 0 aliphatic heterocycles. The zero-order chi connectivity index (χ0) is 10.2. The van der Waals surface area contributed by atoms with E-state index in [4.69, 9.17) is 10.00 Å². The highest BCUT2D eigenvalue weighted by Crippen LogP contribution is 2.26. The summed E-state index contributed by atoms with van der Waals surface area (Å²) in [5, 5.41) is 8.41. The van der Waals surface area contributed by atoms with Gasteiger partial charge in [-0.15, -0.1) is 0 Å². The third kappa shape index (κ3) is 4.59. The number of rotatable bonds is 8. The van der Waals surface area contributed by atoms with E-state index in [0.29, 0.717) is 6.42 Å². The molecule has 0 heterocycles. The van der Waals surface area contributed by atoms with E-state index in [0.717, 1.165) is 38.6 Å². The minimum atomic E-state index is 0.697. The van der Waals surface area contributed by atoms with Crippen molar-refractivity contribution in [1.82, 2.24) is 4.90 Å². The molecule has 0 amide bonds. The van der Waals surface area contributed by atoms with E-state index in [9.17, 15) is 0 Å². The highest BCUT2D eigenvalue weighted by Gasteiger charge is 2.27. The lowest BCUT2D eigenvalue weighted by Crippen LogP contribution is -2.30. The molecule has 0 bridgehead atoms. The van der Waals surface area contributed by atoms with Crippen molar-refractivity contribution in [2.45, 2.75) is 38.1 Å². The van der Waals surface area contributed by atoms with Crippen molar-refractivity contribution >= 4 is 0 Å². The van der Waals surface area contributed by atoms with Crippen LogP contribution in [-0.4, -0.2) is 37.7 Å². The van der Waals surface area contributed by atoms with Gasteiger partial charge in [-0.1, -0.05) is 0 Å². The van der Waals surface area contributed by atoms with Crippen molar-refractivity contribution in [3.8, 4) is 6.07 Å².